The van der Waals surface area contributed by atoms with E-state index in [1.54, 1.807) is 11.3 Å². The molecule has 20 heavy (non-hydrogen) atoms. The summed E-state index contributed by atoms with van der Waals surface area (Å²) in [4.78, 5) is 10.0. The molecule has 3 rings (SSSR count). The quantitative estimate of drug-likeness (QED) is 0.872. The number of thiophene rings is 1. The van der Waals surface area contributed by atoms with E-state index >= 15 is 0 Å². The third-order valence-electron chi connectivity index (χ3n) is 3.46. The van der Waals surface area contributed by atoms with Crippen LogP contribution in [-0.4, -0.2) is 29.7 Å². The summed E-state index contributed by atoms with van der Waals surface area (Å²) in [6, 6.07) is 2.05. The predicted octanol–water partition coefficient (Wildman–Crippen LogP) is 2.82. The topological polar surface area (TPSA) is 38.2 Å². The van der Waals surface area contributed by atoms with Crippen LogP contribution in [-0.2, 0) is 11.2 Å². The van der Waals surface area contributed by atoms with Gasteiger partial charge in [0.15, 0.2) is 11.6 Å². The van der Waals surface area contributed by atoms with Crippen LogP contribution >= 0.6 is 11.3 Å². The van der Waals surface area contributed by atoms with Crippen LogP contribution in [0.25, 0.3) is 0 Å². The number of morpholine rings is 1. The van der Waals surface area contributed by atoms with Gasteiger partial charge in [-0.2, -0.15) is 11.3 Å². The highest BCUT2D eigenvalue weighted by atomic mass is 32.1. The lowest BCUT2D eigenvalue weighted by Gasteiger charge is -2.33. The molecule has 4 nitrogen and oxygen atoms in total. The first-order valence-corrected chi connectivity index (χ1v) is 7.62. The molecular formula is C14H16FN3OS. The van der Waals surface area contributed by atoms with E-state index in [1.165, 1.54) is 6.33 Å². The molecule has 1 saturated heterocycles. The van der Waals surface area contributed by atoms with Gasteiger partial charge in [0.1, 0.15) is 12.4 Å². The Balaban J connectivity index is 1.84. The molecule has 1 aliphatic heterocycles. The maximum Gasteiger partial charge on any atom is 0.187 e. The highest BCUT2D eigenvalue weighted by molar-refractivity contribution is 7.07. The molecule has 1 atom stereocenters. The first-order valence-electron chi connectivity index (χ1n) is 6.67. The Morgan fingerprint density at radius 1 is 1.50 bits per heavy atom. The molecule has 2 aromatic rings. The van der Waals surface area contributed by atoms with Gasteiger partial charge in [0, 0.05) is 13.1 Å². The molecular weight excluding hydrogens is 277 g/mol. The van der Waals surface area contributed by atoms with Crippen LogP contribution in [0, 0.1) is 5.82 Å². The van der Waals surface area contributed by atoms with E-state index in [0.29, 0.717) is 37.6 Å². The minimum atomic E-state index is -0.305. The van der Waals surface area contributed by atoms with Crippen molar-refractivity contribution < 1.29 is 9.13 Å². The zero-order valence-electron chi connectivity index (χ0n) is 11.3. The maximum absolute atomic E-state index is 14.3. The fraction of sp³-hybridized carbons (Fsp3) is 0.429. The second kappa shape index (κ2) is 5.85. The Bertz CT molecular complexity index is 576. The number of rotatable bonds is 3. The Hall–Kier alpha value is -1.53. The van der Waals surface area contributed by atoms with Crippen molar-refractivity contribution in [2.24, 2.45) is 0 Å². The molecule has 1 aliphatic rings. The summed E-state index contributed by atoms with van der Waals surface area (Å²) in [5.74, 6) is 0.0846. The van der Waals surface area contributed by atoms with Crippen molar-refractivity contribution in [3.05, 3.63) is 40.2 Å². The lowest BCUT2D eigenvalue weighted by atomic mass is 10.1. The third-order valence-corrected chi connectivity index (χ3v) is 4.16. The van der Waals surface area contributed by atoms with Gasteiger partial charge in [-0.15, -0.1) is 0 Å². The molecule has 0 N–H and O–H groups in total. The van der Waals surface area contributed by atoms with Crippen LogP contribution < -0.4 is 4.90 Å². The number of nitrogens with zero attached hydrogens (tertiary/aromatic N) is 3. The summed E-state index contributed by atoms with van der Waals surface area (Å²) in [5, 5.41) is 4.10. The van der Waals surface area contributed by atoms with Crippen molar-refractivity contribution in [3.8, 4) is 0 Å². The van der Waals surface area contributed by atoms with Crippen LogP contribution in [0.5, 0.6) is 0 Å². The fourth-order valence-electron chi connectivity index (χ4n) is 2.36. The number of halogens is 1. The number of hydrogen-bond acceptors (Lipinski definition) is 5. The molecule has 0 aliphatic carbocycles. The van der Waals surface area contributed by atoms with Crippen LogP contribution in [0.1, 0.15) is 24.3 Å². The largest absolute Gasteiger partial charge is 0.370 e. The summed E-state index contributed by atoms with van der Waals surface area (Å²) in [5.41, 5.74) is 1.61. The zero-order valence-corrected chi connectivity index (χ0v) is 12.1. The van der Waals surface area contributed by atoms with Gasteiger partial charge in [0.2, 0.25) is 0 Å². The van der Waals surface area contributed by atoms with Crippen molar-refractivity contribution >= 4 is 17.2 Å². The molecule has 6 heteroatoms. The summed E-state index contributed by atoms with van der Waals surface area (Å²) in [7, 11) is 0. The van der Waals surface area contributed by atoms with Crippen molar-refractivity contribution in [2.45, 2.75) is 19.4 Å². The van der Waals surface area contributed by atoms with Gasteiger partial charge in [-0.3, -0.25) is 0 Å². The first-order chi connectivity index (χ1) is 9.79. The number of anilines is 1. The minimum absolute atomic E-state index is 0.0190. The van der Waals surface area contributed by atoms with E-state index in [-0.39, 0.29) is 11.9 Å². The summed E-state index contributed by atoms with van der Waals surface area (Å²) >= 11 is 1.64. The van der Waals surface area contributed by atoms with E-state index in [2.05, 4.69) is 15.3 Å². The van der Waals surface area contributed by atoms with Crippen molar-refractivity contribution in [3.63, 3.8) is 0 Å². The van der Waals surface area contributed by atoms with Gasteiger partial charge < -0.3 is 9.64 Å². The number of aryl methyl sites for hydroxylation is 1. The molecule has 1 fully saturated rings. The number of ether oxygens (including phenoxy) is 1. The van der Waals surface area contributed by atoms with E-state index in [9.17, 15) is 4.39 Å². The molecule has 3 heterocycles. The summed E-state index contributed by atoms with van der Waals surface area (Å²) in [6.45, 7) is 3.74. The molecule has 0 saturated carbocycles. The molecule has 0 radical (unpaired) electrons. The Morgan fingerprint density at radius 2 is 2.40 bits per heavy atom. The van der Waals surface area contributed by atoms with Gasteiger partial charge in [-0.05, 0) is 28.8 Å². The summed E-state index contributed by atoms with van der Waals surface area (Å²) < 4.78 is 20.1. The van der Waals surface area contributed by atoms with Gasteiger partial charge in [-0.25, -0.2) is 14.4 Å². The van der Waals surface area contributed by atoms with Gasteiger partial charge >= 0.3 is 0 Å². The third kappa shape index (κ3) is 2.53. The monoisotopic (exact) mass is 293 g/mol. The highest BCUT2D eigenvalue weighted by Gasteiger charge is 2.25. The minimum Gasteiger partial charge on any atom is -0.370 e. The molecule has 2 aromatic heterocycles. The molecule has 106 valence electrons. The lowest BCUT2D eigenvalue weighted by Crippen LogP contribution is -2.39. The van der Waals surface area contributed by atoms with Crippen LogP contribution in [0.4, 0.5) is 10.2 Å². The van der Waals surface area contributed by atoms with E-state index in [1.807, 2.05) is 23.3 Å². The number of hydrogen-bond donors (Lipinski definition) is 0. The Kier molecular flexibility index (Phi) is 3.93. The van der Waals surface area contributed by atoms with Crippen LogP contribution in [0.3, 0.4) is 0 Å². The fourth-order valence-corrected chi connectivity index (χ4v) is 3.07. The SMILES string of the molecule is CCc1ncnc(N2CCOC(c3ccsc3)C2)c1F. The number of aromatic nitrogens is 2. The van der Waals surface area contributed by atoms with E-state index in [4.69, 9.17) is 4.74 Å². The van der Waals surface area contributed by atoms with E-state index < -0.39 is 0 Å². The molecule has 0 bridgehead atoms. The van der Waals surface area contributed by atoms with Crippen LogP contribution in [0.15, 0.2) is 23.2 Å². The standard InChI is InChI=1S/C14H16FN3OS/c1-2-11-13(15)14(17-9-16-11)18-4-5-19-12(7-18)10-3-6-20-8-10/h3,6,8-9,12H,2,4-5,7H2,1H3. The van der Waals surface area contributed by atoms with Gasteiger partial charge in [0.05, 0.1) is 12.3 Å². The highest BCUT2D eigenvalue weighted by Crippen LogP contribution is 2.28. The van der Waals surface area contributed by atoms with Crippen molar-refractivity contribution in [1.29, 1.82) is 0 Å². The second-order valence-corrected chi connectivity index (χ2v) is 5.45. The molecule has 0 amide bonds. The molecule has 0 aromatic carbocycles. The summed E-state index contributed by atoms with van der Waals surface area (Å²) in [6.07, 6.45) is 1.99. The van der Waals surface area contributed by atoms with Crippen LogP contribution in [0.2, 0.25) is 0 Å². The average molecular weight is 293 g/mol. The van der Waals surface area contributed by atoms with Gasteiger partial charge in [0.25, 0.3) is 0 Å². The first kappa shape index (κ1) is 13.5. The maximum atomic E-state index is 14.3. The van der Waals surface area contributed by atoms with E-state index in [0.717, 1.165) is 5.56 Å². The smallest absolute Gasteiger partial charge is 0.187 e. The molecule has 0 spiro atoms. The van der Waals surface area contributed by atoms with Crippen molar-refractivity contribution in [1.82, 2.24) is 9.97 Å². The van der Waals surface area contributed by atoms with Crippen molar-refractivity contribution in [2.75, 3.05) is 24.6 Å². The normalized spacial score (nSPS) is 19.3. The Morgan fingerprint density at radius 3 is 3.15 bits per heavy atom. The second-order valence-electron chi connectivity index (χ2n) is 4.67. The molecule has 1 unspecified atom stereocenters. The average Bonchev–Trinajstić information content (AvgIpc) is 3.02. The zero-order chi connectivity index (χ0) is 13.9. The lowest BCUT2D eigenvalue weighted by molar-refractivity contribution is 0.0395. The Labute approximate surface area is 121 Å². The predicted molar refractivity (Wildman–Crippen MR) is 76.6 cm³/mol. The van der Waals surface area contributed by atoms with Gasteiger partial charge in [-0.1, -0.05) is 6.92 Å².